The van der Waals surface area contributed by atoms with Gasteiger partial charge in [0.05, 0.1) is 24.9 Å². The second-order valence-corrected chi connectivity index (χ2v) is 6.04. The van der Waals surface area contributed by atoms with Gasteiger partial charge in [0.25, 0.3) is 0 Å². The summed E-state index contributed by atoms with van der Waals surface area (Å²) >= 11 is 3.57. The van der Waals surface area contributed by atoms with E-state index in [2.05, 4.69) is 32.4 Å². The highest BCUT2D eigenvalue weighted by atomic mass is 79.9. The van der Waals surface area contributed by atoms with Crippen molar-refractivity contribution in [3.05, 3.63) is 34.6 Å². The largest absolute Gasteiger partial charge is 0.468 e. The molecule has 0 bridgehead atoms. The number of ether oxygens (including phenoxy) is 3. The number of methoxy groups -OCH3 is 1. The molecule has 0 aliphatic carbocycles. The second kappa shape index (κ2) is 6.81. The van der Waals surface area contributed by atoms with Crippen LogP contribution in [0.15, 0.2) is 28.9 Å². The van der Waals surface area contributed by atoms with Crippen molar-refractivity contribution >= 4 is 15.9 Å². The van der Waals surface area contributed by atoms with Crippen LogP contribution in [0.25, 0.3) is 11.4 Å². The van der Waals surface area contributed by atoms with Crippen LogP contribution < -0.4 is 4.74 Å². The molecule has 0 spiro atoms. The fourth-order valence-corrected chi connectivity index (χ4v) is 3.19. The first-order chi connectivity index (χ1) is 10.7. The van der Waals surface area contributed by atoms with Crippen molar-refractivity contribution in [1.82, 2.24) is 9.55 Å². The van der Waals surface area contributed by atoms with Gasteiger partial charge in [-0.3, -0.25) is 0 Å². The van der Waals surface area contributed by atoms with Gasteiger partial charge in [0.1, 0.15) is 16.2 Å². The van der Waals surface area contributed by atoms with Gasteiger partial charge in [0.2, 0.25) is 0 Å². The maximum absolute atomic E-state index is 5.75. The van der Waals surface area contributed by atoms with Crippen molar-refractivity contribution < 1.29 is 14.2 Å². The normalized spacial score (nSPS) is 17.9. The van der Waals surface area contributed by atoms with Gasteiger partial charge in [-0.2, -0.15) is 0 Å². The van der Waals surface area contributed by atoms with Crippen molar-refractivity contribution in [2.75, 3.05) is 20.5 Å². The lowest BCUT2D eigenvalue weighted by atomic mass is 10.2. The van der Waals surface area contributed by atoms with E-state index in [0.717, 1.165) is 41.3 Å². The third kappa shape index (κ3) is 3.19. The monoisotopic (exact) mass is 366 g/mol. The average molecular weight is 367 g/mol. The van der Waals surface area contributed by atoms with Crippen LogP contribution in [0.3, 0.4) is 0 Å². The van der Waals surface area contributed by atoms with E-state index in [1.165, 1.54) is 5.69 Å². The van der Waals surface area contributed by atoms with Crippen molar-refractivity contribution in [1.29, 1.82) is 0 Å². The van der Waals surface area contributed by atoms with E-state index in [1.807, 2.05) is 24.3 Å². The third-order valence-corrected chi connectivity index (χ3v) is 4.30. The summed E-state index contributed by atoms with van der Waals surface area (Å²) in [6, 6.07) is 7.90. The maximum Gasteiger partial charge on any atom is 0.188 e. The molecule has 118 valence electrons. The molecule has 5 nitrogen and oxygen atoms in total. The Balaban J connectivity index is 1.91. The molecule has 1 aliphatic heterocycles. The van der Waals surface area contributed by atoms with E-state index in [0.29, 0.717) is 0 Å². The molecule has 0 unspecified atom stereocenters. The van der Waals surface area contributed by atoms with E-state index >= 15 is 0 Å². The summed E-state index contributed by atoms with van der Waals surface area (Å²) in [5.74, 6) is 1.74. The van der Waals surface area contributed by atoms with Crippen molar-refractivity contribution in [3.63, 3.8) is 0 Å². The fraction of sp³-hybridized carbons (Fsp3) is 0.438. The maximum atomic E-state index is 5.75. The lowest BCUT2D eigenvalue weighted by Crippen LogP contribution is -2.14. The Hall–Kier alpha value is -1.37. The zero-order valence-electron chi connectivity index (χ0n) is 12.7. The Morgan fingerprint density at radius 3 is 2.86 bits per heavy atom. The number of hydrogen-bond donors (Lipinski definition) is 0. The van der Waals surface area contributed by atoms with Gasteiger partial charge in [-0.25, -0.2) is 4.98 Å². The highest BCUT2D eigenvalue weighted by Gasteiger charge is 2.21. The molecule has 0 saturated heterocycles. The Morgan fingerprint density at radius 1 is 1.36 bits per heavy atom. The summed E-state index contributed by atoms with van der Waals surface area (Å²) in [5.41, 5.74) is 2.25. The van der Waals surface area contributed by atoms with E-state index in [9.17, 15) is 0 Å². The number of halogens is 1. The Morgan fingerprint density at radius 2 is 2.14 bits per heavy atom. The van der Waals surface area contributed by atoms with Crippen LogP contribution in [-0.4, -0.2) is 36.2 Å². The topological polar surface area (TPSA) is 45.5 Å². The van der Waals surface area contributed by atoms with Crippen LogP contribution in [0.4, 0.5) is 0 Å². The van der Waals surface area contributed by atoms with Crippen LogP contribution in [0.5, 0.6) is 5.75 Å². The predicted octanol–water partition coefficient (Wildman–Crippen LogP) is 3.26. The first kappa shape index (κ1) is 15.5. The van der Waals surface area contributed by atoms with Crippen molar-refractivity contribution in [2.45, 2.75) is 26.0 Å². The molecule has 1 aromatic heterocycles. The Bertz CT molecular complexity index is 640. The van der Waals surface area contributed by atoms with Gasteiger partial charge >= 0.3 is 0 Å². The third-order valence-electron chi connectivity index (χ3n) is 3.66. The lowest BCUT2D eigenvalue weighted by molar-refractivity contribution is 0.0511. The Labute approximate surface area is 138 Å². The van der Waals surface area contributed by atoms with Gasteiger partial charge in [0, 0.05) is 19.1 Å². The molecule has 1 aliphatic rings. The first-order valence-electron chi connectivity index (χ1n) is 7.27. The standard InChI is InChI=1S/C16H19BrN2O3/c1-11-9-19-14(7-8-21-11)15(17)18-16(19)12-3-5-13(6-4-12)22-10-20-2/h3-6,11H,7-10H2,1-2H3/t11-/m1/s1. The van der Waals surface area contributed by atoms with Gasteiger partial charge in [-0.15, -0.1) is 0 Å². The molecule has 0 fully saturated rings. The quantitative estimate of drug-likeness (QED) is 0.779. The zero-order valence-corrected chi connectivity index (χ0v) is 14.3. The molecule has 0 radical (unpaired) electrons. The summed E-state index contributed by atoms with van der Waals surface area (Å²) in [4.78, 5) is 4.69. The lowest BCUT2D eigenvalue weighted by Gasteiger charge is -2.13. The average Bonchev–Trinajstić information content (AvgIpc) is 2.71. The van der Waals surface area contributed by atoms with Crippen LogP contribution in [-0.2, 0) is 22.4 Å². The molecule has 2 aromatic rings. The fourth-order valence-electron chi connectivity index (χ4n) is 2.61. The highest BCUT2D eigenvalue weighted by molar-refractivity contribution is 9.10. The molecular formula is C16H19BrN2O3. The number of hydrogen-bond acceptors (Lipinski definition) is 4. The molecular weight excluding hydrogens is 348 g/mol. The van der Waals surface area contributed by atoms with Crippen molar-refractivity contribution in [2.24, 2.45) is 0 Å². The van der Waals surface area contributed by atoms with Crippen LogP contribution in [0.1, 0.15) is 12.6 Å². The minimum absolute atomic E-state index is 0.186. The molecule has 22 heavy (non-hydrogen) atoms. The Kier molecular flexibility index (Phi) is 4.81. The summed E-state index contributed by atoms with van der Waals surface area (Å²) in [6.45, 7) is 3.88. The molecule has 0 amide bonds. The minimum Gasteiger partial charge on any atom is -0.468 e. The number of nitrogens with zero attached hydrogens (tertiary/aromatic N) is 2. The van der Waals surface area contributed by atoms with Gasteiger partial charge in [0.15, 0.2) is 6.79 Å². The molecule has 1 aromatic carbocycles. The molecule has 0 N–H and O–H groups in total. The van der Waals surface area contributed by atoms with E-state index in [-0.39, 0.29) is 12.9 Å². The molecule has 0 saturated carbocycles. The number of benzene rings is 1. The first-order valence-corrected chi connectivity index (χ1v) is 8.07. The molecule has 1 atom stereocenters. The smallest absolute Gasteiger partial charge is 0.188 e. The van der Waals surface area contributed by atoms with Crippen molar-refractivity contribution in [3.8, 4) is 17.1 Å². The van der Waals surface area contributed by atoms with Gasteiger partial charge in [-0.1, -0.05) is 0 Å². The number of fused-ring (bicyclic) bond motifs is 1. The van der Waals surface area contributed by atoms with E-state index < -0.39 is 0 Å². The van der Waals surface area contributed by atoms with E-state index in [1.54, 1.807) is 7.11 Å². The number of rotatable bonds is 4. The summed E-state index contributed by atoms with van der Waals surface area (Å²) in [5, 5.41) is 0. The minimum atomic E-state index is 0.186. The molecule has 3 rings (SSSR count). The summed E-state index contributed by atoms with van der Waals surface area (Å²) < 4.78 is 19.2. The molecule has 2 heterocycles. The number of imidazole rings is 1. The van der Waals surface area contributed by atoms with Gasteiger partial charge in [-0.05, 0) is 47.1 Å². The molecule has 6 heteroatoms. The predicted molar refractivity (Wildman–Crippen MR) is 87.0 cm³/mol. The highest BCUT2D eigenvalue weighted by Crippen LogP contribution is 2.29. The van der Waals surface area contributed by atoms with Crippen LogP contribution in [0, 0.1) is 0 Å². The summed E-state index contributed by atoms with van der Waals surface area (Å²) in [7, 11) is 1.61. The van der Waals surface area contributed by atoms with Crippen LogP contribution in [0.2, 0.25) is 0 Å². The SMILES string of the molecule is COCOc1ccc(-c2nc(Br)c3n2C[C@@H](C)OCC3)cc1. The van der Waals surface area contributed by atoms with Gasteiger partial charge < -0.3 is 18.8 Å². The van der Waals surface area contributed by atoms with E-state index in [4.69, 9.17) is 14.2 Å². The summed E-state index contributed by atoms with van der Waals surface area (Å²) in [6.07, 6.45) is 1.05. The second-order valence-electron chi connectivity index (χ2n) is 5.29. The van der Waals surface area contributed by atoms with Crippen LogP contribution >= 0.6 is 15.9 Å². The number of aromatic nitrogens is 2. The zero-order chi connectivity index (χ0) is 15.5.